The summed E-state index contributed by atoms with van der Waals surface area (Å²) < 4.78 is 7.34. The SMILES string of the molecule is COc1cc([C@@H]2CC(=O)Nc3c2nc2n3CCCC2)ccc1O. The first kappa shape index (κ1) is 14.1. The van der Waals surface area contributed by atoms with Gasteiger partial charge in [0.1, 0.15) is 11.6 Å². The number of methoxy groups -OCH3 is 1. The van der Waals surface area contributed by atoms with E-state index in [0.29, 0.717) is 12.2 Å². The molecule has 1 atom stereocenters. The molecule has 0 spiro atoms. The lowest BCUT2D eigenvalue weighted by molar-refractivity contribution is -0.116. The molecule has 2 aliphatic rings. The molecule has 6 nitrogen and oxygen atoms in total. The van der Waals surface area contributed by atoms with Crippen LogP contribution in [0.2, 0.25) is 0 Å². The van der Waals surface area contributed by atoms with Crippen molar-refractivity contribution in [3.8, 4) is 11.5 Å². The second-order valence-corrected chi connectivity index (χ2v) is 6.11. The Hall–Kier alpha value is -2.50. The molecule has 1 aromatic carbocycles. The Balaban J connectivity index is 1.82. The van der Waals surface area contributed by atoms with Crippen molar-refractivity contribution in [1.29, 1.82) is 0 Å². The predicted molar refractivity (Wildman–Crippen MR) is 84.9 cm³/mol. The van der Waals surface area contributed by atoms with E-state index in [1.54, 1.807) is 12.1 Å². The van der Waals surface area contributed by atoms with Crippen molar-refractivity contribution in [3.05, 3.63) is 35.3 Å². The highest BCUT2D eigenvalue weighted by molar-refractivity contribution is 5.94. The van der Waals surface area contributed by atoms with Crippen molar-refractivity contribution < 1.29 is 14.6 Å². The van der Waals surface area contributed by atoms with Gasteiger partial charge in [-0.15, -0.1) is 0 Å². The summed E-state index contributed by atoms with van der Waals surface area (Å²) in [5.74, 6) is 2.31. The number of hydrogen-bond donors (Lipinski definition) is 2. The van der Waals surface area contributed by atoms with Crippen LogP contribution < -0.4 is 10.1 Å². The minimum absolute atomic E-state index is 0.00261. The van der Waals surface area contributed by atoms with Gasteiger partial charge in [0.2, 0.25) is 5.91 Å². The molecule has 0 unspecified atom stereocenters. The van der Waals surface area contributed by atoms with Crippen LogP contribution >= 0.6 is 0 Å². The third-order valence-corrected chi connectivity index (χ3v) is 4.69. The van der Waals surface area contributed by atoms with Crippen LogP contribution in [0.3, 0.4) is 0 Å². The van der Waals surface area contributed by atoms with Crippen LogP contribution in [0.4, 0.5) is 5.82 Å². The van der Waals surface area contributed by atoms with Crippen molar-refractivity contribution in [2.75, 3.05) is 12.4 Å². The number of imidazole rings is 1. The Bertz CT molecular complexity index is 782. The standard InChI is InChI=1S/C17H19N3O3/c1-23-13-8-10(5-6-12(13)21)11-9-15(22)19-17-16(11)18-14-4-2-3-7-20(14)17/h5-6,8,11,21H,2-4,7,9H2,1H3,(H,19,22)/t11-/m0/s1. The average Bonchev–Trinajstić information content (AvgIpc) is 2.93. The number of rotatable bonds is 2. The number of nitrogens with zero attached hydrogens (tertiary/aromatic N) is 2. The van der Waals surface area contributed by atoms with E-state index < -0.39 is 0 Å². The number of nitrogens with one attached hydrogen (secondary N) is 1. The maximum absolute atomic E-state index is 12.2. The van der Waals surface area contributed by atoms with Crippen LogP contribution in [-0.2, 0) is 17.8 Å². The van der Waals surface area contributed by atoms with Crippen LogP contribution in [0, 0.1) is 0 Å². The van der Waals surface area contributed by atoms with Gasteiger partial charge in [0.05, 0.1) is 12.8 Å². The maximum Gasteiger partial charge on any atom is 0.226 e. The smallest absolute Gasteiger partial charge is 0.226 e. The van der Waals surface area contributed by atoms with E-state index in [2.05, 4.69) is 9.88 Å². The highest BCUT2D eigenvalue weighted by Crippen LogP contribution is 2.40. The second kappa shape index (κ2) is 5.30. The zero-order chi connectivity index (χ0) is 16.0. The van der Waals surface area contributed by atoms with Crippen molar-refractivity contribution in [1.82, 2.24) is 9.55 Å². The van der Waals surface area contributed by atoms with Crippen molar-refractivity contribution in [2.45, 2.75) is 38.1 Å². The molecular weight excluding hydrogens is 294 g/mol. The van der Waals surface area contributed by atoms with Crippen molar-refractivity contribution in [2.24, 2.45) is 0 Å². The van der Waals surface area contributed by atoms with Crippen LogP contribution in [0.5, 0.6) is 11.5 Å². The largest absolute Gasteiger partial charge is 0.504 e. The molecule has 3 heterocycles. The number of carbonyl (C=O) groups excluding carboxylic acids is 1. The van der Waals surface area contributed by atoms with Crippen LogP contribution in [0.25, 0.3) is 0 Å². The van der Waals surface area contributed by atoms with E-state index in [0.717, 1.165) is 48.7 Å². The summed E-state index contributed by atoms with van der Waals surface area (Å²) in [5.41, 5.74) is 1.86. The number of phenolic OH excluding ortho intramolecular Hbond substituents is 1. The van der Waals surface area contributed by atoms with E-state index in [1.165, 1.54) is 7.11 Å². The van der Waals surface area contributed by atoms with E-state index in [-0.39, 0.29) is 17.6 Å². The molecule has 0 fully saturated rings. The molecule has 0 radical (unpaired) electrons. The first-order chi connectivity index (χ1) is 11.2. The number of carbonyl (C=O) groups is 1. The van der Waals surface area contributed by atoms with Crippen molar-refractivity contribution in [3.63, 3.8) is 0 Å². The minimum atomic E-state index is -0.105. The zero-order valence-electron chi connectivity index (χ0n) is 13.0. The number of anilines is 1. The van der Waals surface area contributed by atoms with E-state index in [9.17, 15) is 9.90 Å². The second-order valence-electron chi connectivity index (χ2n) is 6.11. The lowest BCUT2D eigenvalue weighted by Gasteiger charge is -2.24. The summed E-state index contributed by atoms with van der Waals surface area (Å²) >= 11 is 0. The molecule has 1 amide bonds. The summed E-state index contributed by atoms with van der Waals surface area (Å²) in [4.78, 5) is 17.0. The highest BCUT2D eigenvalue weighted by Gasteiger charge is 2.33. The summed E-state index contributed by atoms with van der Waals surface area (Å²) in [5, 5.41) is 12.8. The molecule has 0 aliphatic carbocycles. The summed E-state index contributed by atoms with van der Waals surface area (Å²) in [6, 6.07) is 5.24. The number of aromatic nitrogens is 2. The first-order valence-corrected chi connectivity index (χ1v) is 7.93. The third-order valence-electron chi connectivity index (χ3n) is 4.69. The maximum atomic E-state index is 12.2. The highest BCUT2D eigenvalue weighted by atomic mass is 16.5. The van der Waals surface area contributed by atoms with Crippen LogP contribution in [0.1, 0.15) is 42.3 Å². The number of ether oxygens (including phenoxy) is 1. The van der Waals surface area contributed by atoms with Gasteiger partial charge in [-0.3, -0.25) is 4.79 Å². The molecule has 2 aromatic rings. The van der Waals surface area contributed by atoms with Gasteiger partial charge in [-0.2, -0.15) is 0 Å². The van der Waals surface area contributed by atoms with Crippen LogP contribution in [-0.4, -0.2) is 27.7 Å². The summed E-state index contributed by atoms with van der Waals surface area (Å²) in [6.45, 7) is 0.906. The monoisotopic (exact) mass is 313 g/mol. The molecular formula is C17H19N3O3. The normalized spacial score (nSPS) is 19.7. The molecule has 2 aliphatic heterocycles. The van der Waals surface area contributed by atoms with Crippen LogP contribution in [0.15, 0.2) is 18.2 Å². The van der Waals surface area contributed by atoms with Gasteiger partial charge in [0.15, 0.2) is 11.5 Å². The van der Waals surface area contributed by atoms with Gasteiger partial charge in [-0.05, 0) is 30.5 Å². The molecule has 0 saturated heterocycles. The average molecular weight is 313 g/mol. The number of phenols is 1. The third kappa shape index (κ3) is 2.25. The molecule has 0 saturated carbocycles. The predicted octanol–water partition coefficient (Wildman–Crippen LogP) is 2.41. The fraction of sp³-hybridized carbons (Fsp3) is 0.412. The Morgan fingerprint density at radius 1 is 1.39 bits per heavy atom. The number of fused-ring (bicyclic) bond motifs is 3. The Morgan fingerprint density at radius 2 is 2.26 bits per heavy atom. The molecule has 0 bridgehead atoms. The van der Waals surface area contributed by atoms with E-state index in [4.69, 9.17) is 9.72 Å². The lowest BCUT2D eigenvalue weighted by atomic mass is 9.89. The van der Waals surface area contributed by atoms with Gasteiger partial charge in [0, 0.05) is 25.3 Å². The van der Waals surface area contributed by atoms with Gasteiger partial charge in [0.25, 0.3) is 0 Å². The van der Waals surface area contributed by atoms with E-state index >= 15 is 0 Å². The minimum Gasteiger partial charge on any atom is -0.504 e. The number of amides is 1. The summed E-state index contributed by atoms with van der Waals surface area (Å²) in [6.07, 6.45) is 3.57. The molecule has 6 heteroatoms. The summed E-state index contributed by atoms with van der Waals surface area (Å²) in [7, 11) is 1.52. The van der Waals surface area contributed by atoms with E-state index in [1.807, 2.05) is 6.07 Å². The van der Waals surface area contributed by atoms with Gasteiger partial charge in [-0.1, -0.05) is 6.07 Å². The zero-order valence-corrected chi connectivity index (χ0v) is 13.0. The number of benzene rings is 1. The van der Waals surface area contributed by atoms with Crippen molar-refractivity contribution >= 4 is 11.7 Å². The molecule has 1 aromatic heterocycles. The Kier molecular flexibility index (Phi) is 3.25. The topological polar surface area (TPSA) is 76.4 Å². The fourth-order valence-corrected chi connectivity index (χ4v) is 3.53. The quantitative estimate of drug-likeness (QED) is 0.892. The Labute approximate surface area is 134 Å². The number of hydrogen-bond acceptors (Lipinski definition) is 4. The number of aryl methyl sites for hydroxylation is 1. The Morgan fingerprint density at radius 3 is 3.09 bits per heavy atom. The molecule has 120 valence electrons. The molecule has 2 N–H and O–H groups in total. The first-order valence-electron chi connectivity index (χ1n) is 7.93. The van der Waals surface area contributed by atoms with Gasteiger partial charge in [-0.25, -0.2) is 4.98 Å². The lowest BCUT2D eigenvalue weighted by Crippen LogP contribution is -2.25. The molecule has 4 rings (SSSR count). The van der Waals surface area contributed by atoms with Gasteiger partial charge >= 0.3 is 0 Å². The fourth-order valence-electron chi connectivity index (χ4n) is 3.53. The van der Waals surface area contributed by atoms with Gasteiger partial charge < -0.3 is 19.7 Å². The number of aromatic hydroxyl groups is 1. The molecule has 23 heavy (non-hydrogen) atoms.